The summed E-state index contributed by atoms with van der Waals surface area (Å²) in [6.45, 7) is 1.74. The van der Waals surface area contributed by atoms with Gasteiger partial charge in [0.25, 0.3) is 5.56 Å². The minimum atomic E-state index is -0.575. The van der Waals surface area contributed by atoms with Crippen molar-refractivity contribution >= 4 is 0 Å². The second-order valence-corrected chi connectivity index (χ2v) is 3.62. The summed E-state index contributed by atoms with van der Waals surface area (Å²) >= 11 is 0. The SMILES string of the molecule is C[C@@H]1O[C@H](n2ccc(=O)[nH]c2=O)C[C@H]1O. The predicted octanol–water partition coefficient (Wildman–Crippen LogP) is -0.795. The van der Waals surface area contributed by atoms with E-state index in [4.69, 9.17) is 4.74 Å². The van der Waals surface area contributed by atoms with Crippen LogP contribution in [-0.2, 0) is 4.74 Å². The number of aliphatic hydroxyl groups excluding tert-OH is 1. The molecule has 1 aliphatic heterocycles. The molecular formula is C9H12N2O4. The lowest BCUT2D eigenvalue weighted by Gasteiger charge is -2.12. The summed E-state index contributed by atoms with van der Waals surface area (Å²) in [5.41, 5.74) is -0.961. The van der Waals surface area contributed by atoms with Gasteiger partial charge in [0.2, 0.25) is 0 Å². The number of hydrogen-bond donors (Lipinski definition) is 2. The standard InChI is InChI=1S/C9H12N2O4/c1-5-6(12)4-8(15-5)11-3-2-7(13)10-9(11)14/h2-3,5-6,8,12H,4H2,1H3,(H,10,13,14)/t5-,6+,8-/m0/s1. The van der Waals surface area contributed by atoms with Crippen LogP contribution in [0.5, 0.6) is 0 Å². The van der Waals surface area contributed by atoms with E-state index in [-0.39, 0.29) is 6.10 Å². The highest BCUT2D eigenvalue weighted by Gasteiger charge is 2.32. The van der Waals surface area contributed by atoms with E-state index in [1.54, 1.807) is 6.92 Å². The van der Waals surface area contributed by atoms with Crippen LogP contribution in [0.15, 0.2) is 21.9 Å². The lowest BCUT2D eigenvalue weighted by atomic mass is 10.2. The van der Waals surface area contributed by atoms with Gasteiger partial charge in [0.05, 0.1) is 12.2 Å². The number of H-pyrrole nitrogens is 1. The summed E-state index contributed by atoms with van der Waals surface area (Å²) in [7, 11) is 0. The van der Waals surface area contributed by atoms with E-state index in [9.17, 15) is 14.7 Å². The van der Waals surface area contributed by atoms with E-state index >= 15 is 0 Å². The topological polar surface area (TPSA) is 84.3 Å². The number of aromatic amines is 1. The molecule has 0 bridgehead atoms. The molecule has 2 N–H and O–H groups in total. The Morgan fingerprint density at radius 3 is 2.87 bits per heavy atom. The molecule has 2 heterocycles. The van der Waals surface area contributed by atoms with Crippen LogP contribution in [0.25, 0.3) is 0 Å². The molecule has 82 valence electrons. The van der Waals surface area contributed by atoms with Gasteiger partial charge in [0.1, 0.15) is 6.23 Å². The van der Waals surface area contributed by atoms with Gasteiger partial charge in [-0.25, -0.2) is 4.79 Å². The summed E-state index contributed by atoms with van der Waals surface area (Å²) in [6.07, 6.45) is 0.353. The predicted molar refractivity (Wildman–Crippen MR) is 51.5 cm³/mol. The third-order valence-corrected chi connectivity index (χ3v) is 2.52. The molecule has 0 unspecified atom stereocenters. The van der Waals surface area contributed by atoms with Crippen LogP contribution in [0.3, 0.4) is 0 Å². The summed E-state index contributed by atoms with van der Waals surface area (Å²) < 4.78 is 6.64. The highest BCUT2D eigenvalue weighted by atomic mass is 16.5. The summed E-state index contributed by atoms with van der Waals surface area (Å²) in [4.78, 5) is 24.3. The van der Waals surface area contributed by atoms with Gasteiger partial charge in [-0.05, 0) is 6.92 Å². The first kappa shape index (κ1) is 10.1. The summed E-state index contributed by atoms with van der Waals surface area (Å²) in [5.74, 6) is 0. The molecule has 15 heavy (non-hydrogen) atoms. The fraction of sp³-hybridized carbons (Fsp3) is 0.556. The molecule has 6 heteroatoms. The Labute approximate surface area is 85.1 Å². The van der Waals surface area contributed by atoms with Crippen LogP contribution in [0.1, 0.15) is 19.6 Å². The van der Waals surface area contributed by atoms with Crippen LogP contribution in [0.2, 0.25) is 0 Å². The minimum Gasteiger partial charge on any atom is -0.390 e. The van der Waals surface area contributed by atoms with Gasteiger partial charge in [-0.3, -0.25) is 14.3 Å². The van der Waals surface area contributed by atoms with E-state index in [0.29, 0.717) is 6.42 Å². The van der Waals surface area contributed by atoms with Gasteiger partial charge in [-0.1, -0.05) is 0 Å². The number of nitrogens with zero attached hydrogens (tertiary/aromatic N) is 1. The molecule has 1 saturated heterocycles. The Morgan fingerprint density at radius 1 is 1.60 bits per heavy atom. The Kier molecular flexibility index (Phi) is 2.45. The van der Waals surface area contributed by atoms with Crippen LogP contribution in [0, 0.1) is 0 Å². The smallest absolute Gasteiger partial charge is 0.330 e. The van der Waals surface area contributed by atoms with E-state index in [1.165, 1.54) is 16.8 Å². The first-order chi connectivity index (χ1) is 7.08. The highest BCUT2D eigenvalue weighted by Crippen LogP contribution is 2.26. The molecule has 0 radical (unpaired) electrons. The highest BCUT2D eigenvalue weighted by molar-refractivity contribution is 4.87. The zero-order chi connectivity index (χ0) is 11.0. The van der Waals surface area contributed by atoms with Crippen LogP contribution in [0.4, 0.5) is 0 Å². The molecule has 1 aromatic heterocycles. The quantitative estimate of drug-likeness (QED) is 0.638. The van der Waals surface area contributed by atoms with Crippen molar-refractivity contribution in [2.75, 3.05) is 0 Å². The van der Waals surface area contributed by atoms with Crippen molar-refractivity contribution in [2.45, 2.75) is 31.8 Å². The van der Waals surface area contributed by atoms with E-state index in [0.717, 1.165) is 0 Å². The van der Waals surface area contributed by atoms with Crippen molar-refractivity contribution in [1.82, 2.24) is 9.55 Å². The number of rotatable bonds is 1. The molecule has 0 aliphatic carbocycles. The van der Waals surface area contributed by atoms with Crippen molar-refractivity contribution in [3.63, 3.8) is 0 Å². The number of aromatic nitrogens is 2. The fourth-order valence-electron chi connectivity index (χ4n) is 1.63. The fourth-order valence-corrected chi connectivity index (χ4v) is 1.63. The average molecular weight is 212 g/mol. The maximum absolute atomic E-state index is 11.4. The molecule has 1 aliphatic rings. The maximum atomic E-state index is 11.4. The van der Waals surface area contributed by atoms with Gasteiger partial charge in [0.15, 0.2) is 0 Å². The monoisotopic (exact) mass is 212 g/mol. The number of ether oxygens (including phenoxy) is 1. The Bertz CT molecular complexity index is 454. The van der Waals surface area contributed by atoms with Crippen molar-refractivity contribution in [2.24, 2.45) is 0 Å². The molecule has 0 amide bonds. The van der Waals surface area contributed by atoms with Crippen LogP contribution in [-0.4, -0.2) is 26.9 Å². The lowest BCUT2D eigenvalue weighted by Crippen LogP contribution is -2.31. The van der Waals surface area contributed by atoms with Gasteiger partial charge in [-0.2, -0.15) is 0 Å². The zero-order valence-electron chi connectivity index (χ0n) is 8.21. The Morgan fingerprint density at radius 2 is 2.33 bits per heavy atom. The molecular weight excluding hydrogens is 200 g/mol. The van der Waals surface area contributed by atoms with E-state index in [1.807, 2.05) is 0 Å². The van der Waals surface area contributed by atoms with Crippen molar-refractivity contribution in [1.29, 1.82) is 0 Å². The van der Waals surface area contributed by atoms with Gasteiger partial charge >= 0.3 is 5.69 Å². The molecule has 0 aromatic carbocycles. The van der Waals surface area contributed by atoms with Crippen molar-refractivity contribution < 1.29 is 9.84 Å². The van der Waals surface area contributed by atoms with Crippen LogP contribution >= 0.6 is 0 Å². The number of nitrogens with one attached hydrogen (secondary N) is 1. The first-order valence-corrected chi connectivity index (χ1v) is 4.73. The molecule has 1 aromatic rings. The summed E-state index contributed by atoms with van der Waals surface area (Å²) in [6, 6.07) is 1.25. The first-order valence-electron chi connectivity index (χ1n) is 4.73. The number of hydrogen-bond acceptors (Lipinski definition) is 4. The average Bonchev–Trinajstić information content (AvgIpc) is 2.46. The lowest BCUT2D eigenvalue weighted by molar-refractivity contribution is -0.0101. The number of aliphatic hydroxyl groups is 1. The van der Waals surface area contributed by atoms with Crippen LogP contribution < -0.4 is 11.2 Å². The van der Waals surface area contributed by atoms with Gasteiger partial charge < -0.3 is 9.84 Å². The van der Waals surface area contributed by atoms with Gasteiger partial charge in [0, 0.05) is 18.7 Å². The molecule has 1 fully saturated rings. The van der Waals surface area contributed by atoms with Crippen molar-refractivity contribution in [3.8, 4) is 0 Å². The molecule has 3 atom stereocenters. The van der Waals surface area contributed by atoms with E-state index < -0.39 is 23.6 Å². The second kappa shape index (κ2) is 3.63. The second-order valence-electron chi connectivity index (χ2n) is 3.62. The summed E-state index contributed by atoms with van der Waals surface area (Å²) in [5, 5.41) is 9.46. The molecule has 6 nitrogen and oxygen atoms in total. The largest absolute Gasteiger partial charge is 0.390 e. The minimum absolute atomic E-state index is 0.297. The van der Waals surface area contributed by atoms with Crippen molar-refractivity contribution in [3.05, 3.63) is 33.1 Å². The third-order valence-electron chi connectivity index (χ3n) is 2.52. The normalized spacial score (nSPS) is 30.7. The Hall–Kier alpha value is -1.40. The van der Waals surface area contributed by atoms with Gasteiger partial charge in [-0.15, -0.1) is 0 Å². The zero-order valence-corrected chi connectivity index (χ0v) is 8.21. The molecule has 2 rings (SSSR count). The third kappa shape index (κ3) is 1.86. The molecule has 0 spiro atoms. The molecule has 0 saturated carbocycles. The Balaban J connectivity index is 2.32. The van der Waals surface area contributed by atoms with E-state index in [2.05, 4.69) is 4.98 Å². The maximum Gasteiger partial charge on any atom is 0.330 e.